The molecule has 0 radical (unpaired) electrons. The lowest BCUT2D eigenvalue weighted by Crippen LogP contribution is -2.36. The van der Waals surface area contributed by atoms with E-state index in [1.165, 1.54) is 24.3 Å². The molecule has 2 aromatic carbocycles. The second-order valence-electron chi connectivity index (χ2n) is 11.0. The summed E-state index contributed by atoms with van der Waals surface area (Å²) in [6.07, 6.45) is 7.94. The van der Waals surface area contributed by atoms with Crippen LogP contribution in [0, 0.1) is 12.7 Å². The summed E-state index contributed by atoms with van der Waals surface area (Å²) in [6.45, 7) is 1.87. The molecule has 9 nitrogen and oxygen atoms in total. The Morgan fingerprint density at radius 1 is 1.00 bits per heavy atom. The van der Waals surface area contributed by atoms with Gasteiger partial charge in [0.25, 0.3) is 10.0 Å². The van der Waals surface area contributed by atoms with Gasteiger partial charge in [0.15, 0.2) is 5.65 Å². The summed E-state index contributed by atoms with van der Waals surface area (Å²) in [4.78, 5) is 16.3. The molecule has 5 aromatic rings. The van der Waals surface area contributed by atoms with Crippen molar-refractivity contribution in [2.75, 3.05) is 24.1 Å². The number of halogens is 2. The van der Waals surface area contributed by atoms with Crippen molar-refractivity contribution in [2.24, 2.45) is 0 Å². The number of hydrogen-bond acceptors (Lipinski definition) is 7. The number of sulfonamides is 1. The summed E-state index contributed by atoms with van der Waals surface area (Å²) in [5, 5.41) is 4.30. The highest BCUT2D eigenvalue weighted by atomic mass is 35.5. The predicted molar refractivity (Wildman–Crippen MR) is 164 cm³/mol. The molecule has 12 heteroatoms. The first-order valence-corrected chi connectivity index (χ1v) is 15.6. The Bertz CT molecular complexity index is 1900. The molecule has 42 heavy (non-hydrogen) atoms. The molecule has 1 aliphatic rings. The van der Waals surface area contributed by atoms with E-state index in [9.17, 15) is 8.42 Å². The highest BCUT2D eigenvalue weighted by Gasteiger charge is 2.24. The van der Waals surface area contributed by atoms with Crippen LogP contribution in [-0.2, 0) is 10.0 Å². The van der Waals surface area contributed by atoms with Gasteiger partial charge in [-0.05, 0) is 83.1 Å². The number of rotatable bonds is 7. The molecular formula is C30H31ClFN7O2S. The van der Waals surface area contributed by atoms with Gasteiger partial charge in [0.05, 0.1) is 16.4 Å². The van der Waals surface area contributed by atoms with Crippen molar-refractivity contribution in [3.8, 4) is 11.1 Å². The highest BCUT2D eigenvalue weighted by molar-refractivity contribution is 7.92. The number of anilines is 2. The van der Waals surface area contributed by atoms with Crippen molar-refractivity contribution in [3.63, 3.8) is 0 Å². The van der Waals surface area contributed by atoms with E-state index in [1.807, 2.05) is 23.6 Å². The predicted octanol–water partition coefficient (Wildman–Crippen LogP) is 6.13. The largest absolute Gasteiger partial charge is 0.351 e. The molecule has 0 aliphatic heterocycles. The van der Waals surface area contributed by atoms with Crippen LogP contribution in [0.4, 0.5) is 16.0 Å². The van der Waals surface area contributed by atoms with Crippen LogP contribution < -0.4 is 10.0 Å². The Morgan fingerprint density at radius 2 is 1.76 bits per heavy atom. The normalized spacial score (nSPS) is 17.7. The molecule has 0 spiro atoms. The van der Waals surface area contributed by atoms with Crippen molar-refractivity contribution in [1.82, 2.24) is 24.3 Å². The van der Waals surface area contributed by atoms with Crippen molar-refractivity contribution in [3.05, 3.63) is 77.5 Å². The van der Waals surface area contributed by atoms with Crippen molar-refractivity contribution in [2.45, 2.75) is 49.6 Å². The quantitative estimate of drug-likeness (QED) is 0.229. The number of fused-ring (bicyclic) bond motifs is 3. The number of pyridine rings is 1. The lowest BCUT2D eigenvalue weighted by molar-refractivity contribution is 0.221. The maximum absolute atomic E-state index is 15.6. The first-order valence-electron chi connectivity index (χ1n) is 13.7. The summed E-state index contributed by atoms with van der Waals surface area (Å²) in [7, 11) is 0.243. The van der Waals surface area contributed by atoms with Gasteiger partial charge >= 0.3 is 0 Å². The summed E-state index contributed by atoms with van der Waals surface area (Å²) < 4.78 is 45.6. The second-order valence-corrected chi connectivity index (χ2v) is 13.0. The number of hydrogen-bond donors (Lipinski definition) is 2. The molecule has 2 N–H and O–H groups in total. The van der Waals surface area contributed by atoms with Crippen molar-refractivity contribution in [1.29, 1.82) is 0 Å². The molecule has 0 amide bonds. The Labute approximate surface area is 248 Å². The second kappa shape index (κ2) is 11.1. The number of imidazole rings is 1. The van der Waals surface area contributed by atoms with Gasteiger partial charge in [-0.1, -0.05) is 23.7 Å². The maximum Gasteiger partial charge on any atom is 0.263 e. The van der Waals surface area contributed by atoms with Gasteiger partial charge < -0.3 is 10.2 Å². The van der Waals surface area contributed by atoms with E-state index in [4.69, 9.17) is 16.6 Å². The van der Waals surface area contributed by atoms with Crippen LogP contribution in [0.25, 0.3) is 27.8 Å². The smallest absolute Gasteiger partial charge is 0.263 e. The lowest BCUT2D eigenvalue weighted by atomic mass is 9.91. The summed E-state index contributed by atoms with van der Waals surface area (Å²) in [5.41, 5.74) is 2.85. The molecule has 0 saturated heterocycles. The Hall–Kier alpha value is -3.80. The third-order valence-electron chi connectivity index (χ3n) is 7.79. The number of nitrogens with one attached hydrogen (secondary N) is 2. The topological polar surface area (TPSA) is 105 Å². The van der Waals surface area contributed by atoms with Gasteiger partial charge in [-0.3, -0.25) is 9.12 Å². The molecule has 0 atom stereocenters. The molecule has 1 aliphatic carbocycles. The zero-order valence-electron chi connectivity index (χ0n) is 23.5. The average Bonchev–Trinajstić information content (AvgIpc) is 3.35. The molecule has 3 heterocycles. The first-order chi connectivity index (χ1) is 20.1. The van der Waals surface area contributed by atoms with E-state index in [1.54, 1.807) is 18.3 Å². The SMILES string of the molecule is Cc1cn2c(n1)c(-c1ccc(NS(=O)(=O)c3ccccc3Cl)cc1F)cc1cnc(NC3CCC(N(C)C)CC3)nc12. The summed E-state index contributed by atoms with van der Waals surface area (Å²) >= 11 is 6.07. The Kier molecular flexibility index (Phi) is 7.50. The third-order valence-corrected chi connectivity index (χ3v) is 9.67. The highest BCUT2D eigenvalue weighted by Crippen LogP contribution is 2.33. The number of nitrogens with zero attached hydrogens (tertiary/aromatic N) is 5. The van der Waals surface area contributed by atoms with E-state index in [-0.39, 0.29) is 21.2 Å². The van der Waals surface area contributed by atoms with Gasteiger partial charge in [0.2, 0.25) is 5.95 Å². The number of aryl methyl sites for hydroxylation is 1. The minimum atomic E-state index is -4.01. The van der Waals surface area contributed by atoms with Crippen molar-refractivity contribution >= 4 is 49.9 Å². The first kappa shape index (κ1) is 28.3. The van der Waals surface area contributed by atoms with E-state index in [0.29, 0.717) is 34.9 Å². The molecule has 6 rings (SSSR count). The number of aromatic nitrogens is 4. The average molecular weight is 608 g/mol. The van der Waals surface area contributed by atoms with Crippen LogP contribution in [0.5, 0.6) is 0 Å². The maximum atomic E-state index is 15.6. The van der Waals surface area contributed by atoms with Crippen LogP contribution in [0.2, 0.25) is 5.02 Å². The van der Waals surface area contributed by atoms with E-state index < -0.39 is 15.8 Å². The zero-order valence-corrected chi connectivity index (χ0v) is 25.0. The molecule has 0 bridgehead atoms. The third kappa shape index (κ3) is 5.51. The minimum absolute atomic E-state index is 0.0752. The lowest BCUT2D eigenvalue weighted by Gasteiger charge is -2.32. The van der Waals surface area contributed by atoms with Crippen LogP contribution in [0.3, 0.4) is 0 Å². The number of benzene rings is 2. The molecule has 1 fully saturated rings. The molecular weight excluding hydrogens is 577 g/mol. The Balaban J connectivity index is 1.31. The fraction of sp³-hybridized carbons (Fsp3) is 0.300. The van der Waals surface area contributed by atoms with E-state index in [0.717, 1.165) is 42.8 Å². The Morgan fingerprint density at radius 3 is 2.48 bits per heavy atom. The monoisotopic (exact) mass is 607 g/mol. The standard InChI is InChI=1S/C30H31ClFN7O2S/c1-18-17-39-28-19(16-33-30(36-28)35-20-8-11-22(12-9-20)38(2)3)14-24(29(39)34-18)23-13-10-21(15-26(23)32)37-42(40,41)27-7-5-4-6-25(27)31/h4-7,10,13-17,20,22,37H,8-9,11-12H2,1-3H3,(H,33,35,36). The van der Waals surface area contributed by atoms with Crippen LogP contribution >= 0.6 is 11.6 Å². The van der Waals surface area contributed by atoms with Gasteiger partial charge in [-0.25, -0.2) is 22.8 Å². The van der Waals surface area contributed by atoms with E-state index in [2.05, 4.69) is 39.0 Å². The van der Waals surface area contributed by atoms with E-state index >= 15 is 4.39 Å². The minimum Gasteiger partial charge on any atom is -0.351 e. The molecule has 0 unspecified atom stereocenters. The summed E-state index contributed by atoms with van der Waals surface area (Å²) in [5.74, 6) is -0.0543. The fourth-order valence-electron chi connectivity index (χ4n) is 5.60. The van der Waals surface area contributed by atoms with Crippen LogP contribution in [-0.4, -0.2) is 58.8 Å². The van der Waals surface area contributed by atoms with Gasteiger partial charge in [-0.15, -0.1) is 0 Å². The summed E-state index contributed by atoms with van der Waals surface area (Å²) in [6, 6.07) is 13.0. The van der Waals surface area contributed by atoms with Crippen molar-refractivity contribution < 1.29 is 12.8 Å². The van der Waals surface area contributed by atoms with Gasteiger partial charge in [0, 0.05) is 41.0 Å². The molecule has 3 aromatic heterocycles. The molecule has 218 valence electrons. The van der Waals surface area contributed by atoms with Crippen LogP contribution in [0.1, 0.15) is 31.4 Å². The molecule has 1 saturated carbocycles. The fourth-order valence-corrected chi connectivity index (χ4v) is 7.17. The van der Waals surface area contributed by atoms with Gasteiger partial charge in [0.1, 0.15) is 16.4 Å². The zero-order chi connectivity index (χ0) is 29.6. The van der Waals surface area contributed by atoms with Crippen LogP contribution in [0.15, 0.2) is 65.8 Å². The van der Waals surface area contributed by atoms with Gasteiger partial charge in [-0.2, -0.15) is 4.98 Å².